The molecule has 3 unspecified atom stereocenters. The molecule has 1 amide bonds. The van der Waals surface area contributed by atoms with E-state index in [9.17, 15) is 4.79 Å². The van der Waals surface area contributed by atoms with Gasteiger partial charge in [0.15, 0.2) is 0 Å². The SMILES string of the molecule is CC(C)CCCC(C)NC(=O)C1C=CC(N)C1. The van der Waals surface area contributed by atoms with Gasteiger partial charge >= 0.3 is 0 Å². The van der Waals surface area contributed by atoms with Gasteiger partial charge in [-0.05, 0) is 25.7 Å². The summed E-state index contributed by atoms with van der Waals surface area (Å²) in [4.78, 5) is 11.9. The molecule has 3 heteroatoms. The minimum absolute atomic E-state index is 0.0162. The Hall–Kier alpha value is -0.830. The van der Waals surface area contributed by atoms with Crippen LogP contribution >= 0.6 is 0 Å². The van der Waals surface area contributed by atoms with Crippen molar-refractivity contribution in [1.29, 1.82) is 0 Å². The molecule has 0 heterocycles. The second-order valence-electron chi connectivity index (χ2n) is 5.63. The summed E-state index contributed by atoms with van der Waals surface area (Å²) >= 11 is 0. The molecule has 98 valence electrons. The molecule has 3 N–H and O–H groups in total. The van der Waals surface area contributed by atoms with Crippen LogP contribution in [0.25, 0.3) is 0 Å². The zero-order chi connectivity index (χ0) is 12.8. The first-order valence-corrected chi connectivity index (χ1v) is 6.73. The van der Waals surface area contributed by atoms with Crippen molar-refractivity contribution in [1.82, 2.24) is 5.32 Å². The van der Waals surface area contributed by atoms with Crippen LogP contribution < -0.4 is 11.1 Å². The van der Waals surface area contributed by atoms with Gasteiger partial charge < -0.3 is 11.1 Å². The second kappa shape index (κ2) is 6.80. The van der Waals surface area contributed by atoms with Gasteiger partial charge in [-0.15, -0.1) is 0 Å². The number of amides is 1. The summed E-state index contributed by atoms with van der Waals surface area (Å²) < 4.78 is 0. The molecular weight excluding hydrogens is 212 g/mol. The molecule has 0 saturated carbocycles. The molecule has 3 nitrogen and oxygen atoms in total. The molecule has 0 spiro atoms. The van der Waals surface area contributed by atoms with E-state index in [4.69, 9.17) is 5.73 Å². The average molecular weight is 238 g/mol. The van der Waals surface area contributed by atoms with Crippen molar-refractivity contribution in [3.05, 3.63) is 12.2 Å². The summed E-state index contributed by atoms with van der Waals surface area (Å²) in [6.45, 7) is 6.54. The van der Waals surface area contributed by atoms with Gasteiger partial charge in [-0.2, -0.15) is 0 Å². The van der Waals surface area contributed by atoms with Gasteiger partial charge in [0.05, 0.1) is 5.92 Å². The lowest BCUT2D eigenvalue weighted by Crippen LogP contribution is -2.37. The summed E-state index contributed by atoms with van der Waals surface area (Å²) in [6.07, 6.45) is 8.08. The standard InChI is InChI=1S/C14H26N2O/c1-10(2)5-4-6-11(3)16-14(17)12-7-8-13(15)9-12/h7-8,10-13H,4-6,9,15H2,1-3H3,(H,16,17). The van der Waals surface area contributed by atoms with Crippen molar-refractivity contribution in [3.8, 4) is 0 Å². The summed E-state index contributed by atoms with van der Waals surface area (Å²) in [6, 6.07) is 0.327. The van der Waals surface area contributed by atoms with Crippen LogP contribution in [0, 0.1) is 11.8 Å². The Balaban J connectivity index is 2.19. The van der Waals surface area contributed by atoms with E-state index in [0.717, 1.165) is 18.8 Å². The maximum atomic E-state index is 11.9. The van der Waals surface area contributed by atoms with Gasteiger partial charge in [-0.25, -0.2) is 0 Å². The fourth-order valence-electron chi connectivity index (χ4n) is 2.18. The van der Waals surface area contributed by atoms with Gasteiger partial charge in [0, 0.05) is 12.1 Å². The highest BCUT2D eigenvalue weighted by Gasteiger charge is 2.23. The maximum absolute atomic E-state index is 11.9. The fraction of sp³-hybridized carbons (Fsp3) is 0.786. The topological polar surface area (TPSA) is 55.1 Å². The van der Waals surface area contributed by atoms with Crippen LogP contribution in [0.2, 0.25) is 0 Å². The second-order valence-corrected chi connectivity index (χ2v) is 5.63. The Morgan fingerprint density at radius 2 is 2.06 bits per heavy atom. The van der Waals surface area contributed by atoms with Crippen LogP contribution in [0.4, 0.5) is 0 Å². The zero-order valence-corrected chi connectivity index (χ0v) is 11.3. The normalized spacial score (nSPS) is 25.2. The highest BCUT2D eigenvalue weighted by Crippen LogP contribution is 2.17. The Labute approximate surface area is 105 Å². The van der Waals surface area contributed by atoms with Crippen LogP contribution in [0.1, 0.15) is 46.5 Å². The first-order chi connectivity index (χ1) is 7.99. The lowest BCUT2D eigenvalue weighted by atomic mass is 10.0. The molecule has 3 atom stereocenters. The molecule has 0 aromatic carbocycles. The Kier molecular flexibility index (Phi) is 5.69. The number of nitrogens with two attached hydrogens (primary N) is 1. The Morgan fingerprint density at radius 1 is 1.35 bits per heavy atom. The minimum atomic E-state index is -0.0162. The van der Waals surface area contributed by atoms with Crippen LogP contribution in [-0.2, 0) is 4.79 Å². The smallest absolute Gasteiger partial charge is 0.227 e. The minimum Gasteiger partial charge on any atom is -0.353 e. The van der Waals surface area contributed by atoms with E-state index in [0.29, 0.717) is 0 Å². The molecule has 0 aliphatic heterocycles. The fourth-order valence-corrected chi connectivity index (χ4v) is 2.18. The van der Waals surface area contributed by atoms with E-state index in [1.165, 1.54) is 12.8 Å². The molecule has 0 saturated heterocycles. The zero-order valence-electron chi connectivity index (χ0n) is 11.3. The third-order valence-corrected chi connectivity index (χ3v) is 3.26. The van der Waals surface area contributed by atoms with Gasteiger partial charge in [-0.1, -0.05) is 38.8 Å². The highest BCUT2D eigenvalue weighted by atomic mass is 16.1. The van der Waals surface area contributed by atoms with E-state index >= 15 is 0 Å². The number of carbonyl (C=O) groups excluding carboxylic acids is 1. The number of nitrogens with one attached hydrogen (secondary N) is 1. The number of hydrogen-bond donors (Lipinski definition) is 2. The Morgan fingerprint density at radius 3 is 2.59 bits per heavy atom. The predicted octanol–water partition coefficient (Wildman–Crippen LogP) is 2.22. The molecule has 0 aromatic rings. The van der Waals surface area contributed by atoms with Crippen molar-refractivity contribution < 1.29 is 4.79 Å². The monoisotopic (exact) mass is 238 g/mol. The maximum Gasteiger partial charge on any atom is 0.227 e. The number of carbonyl (C=O) groups is 1. The van der Waals surface area contributed by atoms with E-state index in [-0.39, 0.29) is 23.9 Å². The summed E-state index contributed by atoms with van der Waals surface area (Å²) in [5.41, 5.74) is 5.74. The molecule has 1 aliphatic rings. The van der Waals surface area contributed by atoms with Crippen LogP contribution in [0.3, 0.4) is 0 Å². The van der Waals surface area contributed by atoms with Crippen molar-refractivity contribution in [2.45, 2.75) is 58.5 Å². The van der Waals surface area contributed by atoms with Crippen molar-refractivity contribution >= 4 is 5.91 Å². The number of hydrogen-bond acceptors (Lipinski definition) is 2. The van der Waals surface area contributed by atoms with E-state index in [1.807, 2.05) is 12.2 Å². The van der Waals surface area contributed by atoms with Gasteiger partial charge in [-0.3, -0.25) is 4.79 Å². The number of rotatable bonds is 6. The van der Waals surface area contributed by atoms with Crippen molar-refractivity contribution in [2.75, 3.05) is 0 Å². The Bertz CT molecular complexity index is 273. The quantitative estimate of drug-likeness (QED) is 0.697. The molecule has 17 heavy (non-hydrogen) atoms. The summed E-state index contributed by atoms with van der Waals surface area (Å²) in [7, 11) is 0. The molecular formula is C14H26N2O. The predicted molar refractivity (Wildman–Crippen MR) is 71.5 cm³/mol. The van der Waals surface area contributed by atoms with E-state index in [1.54, 1.807) is 0 Å². The third-order valence-electron chi connectivity index (χ3n) is 3.26. The van der Waals surface area contributed by atoms with Crippen LogP contribution in [-0.4, -0.2) is 18.0 Å². The molecule has 0 bridgehead atoms. The van der Waals surface area contributed by atoms with Gasteiger partial charge in [0.1, 0.15) is 0 Å². The van der Waals surface area contributed by atoms with Crippen molar-refractivity contribution in [2.24, 2.45) is 17.6 Å². The van der Waals surface area contributed by atoms with Crippen molar-refractivity contribution in [3.63, 3.8) is 0 Å². The van der Waals surface area contributed by atoms with Crippen LogP contribution in [0.15, 0.2) is 12.2 Å². The molecule has 0 radical (unpaired) electrons. The van der Waals surface area contributed by atoms with Gasteiger partial charge in [0.25, 0.3) is 0 Å². The lowest BCUT2D eigenvalue weighted by Gasteiger charge is -2.17. The van der Waals surface area contributed by atoms with Gasteiger partial charge in [0.2, 0.25) is 5.91 Å². The molecule has 1 aliphatic carbocycles. The largest absolute Gasteiger partial charge is 0.353 e. The summed E-state index contributed by atoms with van der Waals surface area (Å²) in [5, 5.41) is 3.07. The lowest BCUT2D eigenvalue weighted by molar-refractivity contribution is -0.124. The first kappa shape index (κ1) is 14.2. The highest BCUT2D eigenvalue weighted by molar-refractivity contribution is 5.81. The van der Waals surface area contributed by atoms with E-state index < -0.39 is 0 Å². The summed E-state index contributed by atoms with van der Waals surface area (Å²) in [5.74, 6) is 0.859. The molecule has 1 rings (SSSR count). The third kappa shape index (κ3) is 5.35. The van der Waals surface area contributed by atoms with E-state index in [2.05, 4.69) is 26.1 Å². The average Bonchev–Trinajstić information content (AvgIpc) is 2.64. The van der Waals surface area contributed by atoms with Crippen LogP contribution in [0.5, 0.6) is 0 Å². The first-order valence-electron chi connectivity index (χ1n) is 6.73. The molecule has 0 fully saturated rings. The molecule has 0 aromatic heterocycles.